The van der Waals surface area contributed by atoms with Crippen LogP contribution < -0.4 is 9.47 Å². The second kappa shape index (κ2) is 9.23. The van der Waals surface area contributed by atoms with Crippen molar-refractivity contribution in [1.82, 2.24) is 4.90 Å². The van der Waals surface area contributed by atoms with Gasteiger partial charge in [-0.15, -0.1) is 0 Å². The maximum atomic E-state index is 13.0. The van der Waals surface area contributed by atoms with E-state index in [-0.39, 0.29) is 11.8 Å². The molecule has 0 spiro atoms. The van der Waals surface area contributed by atoms with Gasteiger partial charge in [0.25, 0.3) is 0 Å². The number of rotatable bonds is 9. The molecule has 25 heavy (non-hydrogen) atoms. The van der Waals surface area contributed by atoms with Crippen LogP contribution in [0.5, 0.6) is 11.5 Å². The summed E-state index contributed by atoms with van der Waals surface area (Å²) in [4.78, 5) is 15.1. The Kier molecular flexibility index (Phi) is 7.02. The minimum absolute atomic E-state index is 0.110. The first kappa shape index (κ1) is 19.0. The van der Waals surface area contributed by atoms with Crippen molar-refractivity contribution in [3.8, 4) is 11.5 Å². The van der Waals surface area contributed by atoms with Crippen LogP contribution in [0.2, 0.25) is 0 Å². The number of benzene rings is 2. The van der Waals surface area contributed by atoms with Crippen LogP contribution in [0, 0.1) is 0 Å². The predicted molar refractivity (Wildman–Crippen MR) is 101 cm³/mol. The molecule has 4 heteroatoms. The minimum Gasteiger partial charge on any atom is -0.493 e. The summed E-state index contributed by atoms with van der Waals surface area (Å²) in [7, 11) is 5.18. The highest BCUT2D eigenvalue weighted by atomic mass is 16.5. The third-order valence-electron chi connectivity index (χ3n) is 4.49. The van der Waals surface area contributed by atoms with Crippen molar-refractivity contribution in [3.63, 3.8) is 0 Å². The molecule has 0 bridgehead atoms. The van der Waals surface area contributed by atoms with E-state index in [9.17, 15) is 4.79 Å². The molecule has 0 N–H and O–H groups in total. The van der Waals surface area contributed by atoms with E-state index >= 15 is 0 Å². The second-order valence-electron chi connectivity index (χ2n) is 6.07. The average molecular weight is 341 g/mol. The lowest BCUT2D eigenvalue weighted by molar-refractivity contribution is 0.0847. The molecule has 0 aromatic heterocycles. The summed E-state index contributed by atoms with van der Waals surface area (Å²) in [5.74, 6) is 1.32. The Morgan fingerprint density at radius 1 is 1.04 bits per heavy atom. The van der Waals surface area contributed by atoms with Gasteiger partial charge < -0.3 is 9.47 Å². The highest BCUT2D eigenvalue weighted by molar-refractivity contribution is 6.00. The van der Waals surface area contributed by atoms with Crippen molar-refractivity contribution in [2.24, 2.45) is 0 Å². The van der Waals surface area contributed by atoms with E-state index in [1.165, 1.54) is 5.56 Å². The van der Waals surface area contributed by atoms with Crippen molar-refractivity contribution >= 4 is 5.78 Å². The lowest BCUT2D eigenvalue weighted by atomic mass is 10.00. The molecule has 0 saturated carbocycles. The fourth-order valence-corrected chi connectivity index (χ4v) is 2.99. The van der Waals surface area contributed by atoms with Gasteiger partial charge >= 0.3 is 0 Å². The summed E-state index contributed by atoms with van der Waals surface area (Å²) in [5.41, 5.74) is 1.93. The Morgan fingerprint density at radius 2 is 1.72 bits per heavy atom. The number of nitrogens with zero attached hydrogens (tertiary/aromatic N) is 1. The topological polar surface area (TPSA) is 38.8 Å². The monoisotopic (exact) mass is 341 g/mol. The van der Waals surface area contributed by atoms with Gasteiger partial charge in [0.2, 0.25) is 0 Å². The van der Waals surface area contributed by atoms with E-state index in [2.05, 4.69) is 17.0 Å². The molecule has 0 heterocycles. The largest absolute Gasteiger partial charge is 0.493 e. The fourth-order valence-electron chi connectivity index (χ4n) is 2.99. The van der Waals surface area contributed by atoms with Crippen LogP contribution in [0.3, 0.4) is 0 Å². The quantitative estimate of drug-likeness (QED) is 0.650. The number of carbonyl (C=O) groups excluding carboxylic acids is 1. The van der Waals surface area contributed by atoms with Gasteiger partial charge in [-0.1, -0.05) is 37.3 Å². The number of likely N-dealkylation sites (N-methyl/N-ethyl adjacent to an activating group) is 1. The van der Waals surface area contributed by atoms with E-state index in [1.54, 1.807) is 32.4 Å². The van der Waals surface area contributed by atoms with Crippen molar-refractivity contribution in [1.29, 1.82) is 0 Å². The predicted octanol–water partition coefficient (Wildman–Crippen LogP) is 3.84. The molecule has 4 nitrogen and oxygen atoms in total. The number of carbonyl (C=O) groups is 1. The van der Waals surface area contributed by atoms with Gasteiger partial charge in [0, 0.05) is 12.1 Å². The smallest absolute Gasteiger partial charge is 0.180 e. The SMILES string of the molecule is CCC(C(=O)c1ccc(OC)c(OC)c1)N(C)CCc1ccccc1. The van der Waals surface area contributed by atoms with Crippen molar-refractivity contribution in [2.75, 3.05) is 27.8 Å². The number of hydrogen-bond acceptors (Lipinski definition) is 4. The molecular weight excluding hydrogens is 314 g/mol. The van der Waals surface area contributed by atoms with Crippen molar-refractivity contribution < 1.29 is 14.3 Å². The Labute approximate surface area is 150 Å². The molecule has 0 fully saturated rings. The molecule has 2 aromatic carbocycles. The molecule has 0 aliphatic carbocycles. The molecule has 134 valence electrons. The number of methoxy groups -OCH3 is 2. The summed E-state index contributed by atoms with van der Waals surface area (Å²) in [5, 5.41) is 0. The third kappa shape index (κ3) is 4.83. The highest BCUT2D eigenvalue weighted by Gasteiger charge is 2.23. The van der Waals surface area contributed by atoms with Gasteiger partial charge in [0.15, 0.2) is 17.3 Å². The van der Waals surface area contributed by atoms with Crippen molar-refractivity contribution in [3.05, 3.63) is 59.7 Å². The zero-order valence-corrected chi connectivity index (χ0v) is 15.5. The average Bonchev–Trinajstić information content (AvgIpc) is 2.67. The molecule has 1 atom stereocenters. The molecule has 0 radical (unpaired) electrons. The zero-order valence-electron chi connectivity index (χ0n) is 15.5. The number of hydrogen-bond donors (Lipinski definition) is 0. The number of ketones is 1. The Hall–Kier alpha value is -2.33. The Balaban J connectivity index is 2.09. The second-order valence-corrected chi connectivity index (χ2v) is 6.07. The standard InChI is InChI=1S/C21H27NO3/c1-5-18(22(2)14-13-16-9-7-6-8-10-16)21(23)17-11-12-19(24-3)20(15-17)25-4/h6-12,15,18H,5,13-14H2,1-4H3. The summed E-state index contributed by atoms with van der Waals surface area (Å²) >= 11 is 0. The Bertz CT molecular complexity index is 685. The molecule has 0 aliphatic rings. The van der Waals surface area contributed by atoms with Gasteiger partial charge in [-0.05, 0) is 43.7 Å². The van der Waals surface area contributed by atoms with Gasteiger partial charge in [0.1, 0.15) is 0 Å². The lowest BCUT2D eigenvalue weighted by Gasteiger charge is -2.26. The fraction of sp³-hybridized carbons (Fsp3) is 0.381. The van der Waals surface area contributed by atoms with Crippen LogP contribution >= 0.6 is 0 Å². The van der Waals surface area contributed by atoms with Gasteiger partial charge in [-0.2, -0.15) is 0 Å². The van der Waals surface area contributed by atoms with Crippen LogP contribution in [0.15, 0.2) is 48.5 Å². The van der Waals surface area contributed by atoms with Crippen LogP contribution in [0.1, 0.15) is 29.3 Å². The molecule has 2 rings (SSSR count). The van der Waals surface area contributed by atoms with Crippen LogP contribution in [-0.4, -0.2) is 44.5 Å². The van der Waals surface area contributed by atoms with Crippen LogP contribution in [-0.2, 0) is 6.42 Å². The number of Topliss-reactive ketones (excluding diaryl/α,β-unsaturated/α-hetero) is 1. The molecule has 1 unspecified atom stereocenters. The van der Waals surface area contributed by atoms with Crippen LogP contribution in [0.25, 0.3) is 0 Å². The first-order valence-corrected chi connectivity index (χ1v) is 8.61. The van der Waals surface area contributed by atoms with Gasteiger partial charge in [0.05, 0.1) is 20.3 Å². The normalized spacial score (nSPS) is 12.0. The van der Waals surface area contributed by atoms with E-state index in [0.717, 1.165) is 19.4 Å². The summed E-state index contributed by atoms with van der Waals surface area (Å²) < 4.78 is 10.6. The van der Waals surface area contributed by atoms with Crippen LogP contribution in [0.4, 0.5) is 0 Å². The number of ether oxygens (including phenoxy) is 2. The zero-order chi connectivity index (χ0) is 18.2. The van der Waals surface area contributed by atoms with Gasteiger partial charge in [-0.25, -0.2) is 0 Å². The van der Waals surface area contributed by atoms with Gasteiger partial charge in [-0.3, -0.25) is 9.69 Å². The summed E-state index contributed by atoms with van der Waals surface area (Å²) in [6, 6.07) is 15.5. The van der Waals surface area contributed by atoms with E-state index in [0.29, 0.717) is 17.1 Å². The van der Waals surface area contributed by atoms with E-state index in [4.69, 9.17) is 9.47 Å². The first-order valence-electron chi connectivity index (χ1n) is 8.61. The molecule has 0 amide bonds. The highest BCUT2D eigenvalue weighted by Crippen LogP contribution is 2.28. The molecule has 2 aromatic rings. The molecule has 0 aliphatic heterocycles. The molecular formula is C21H27NO3. The minimum atomic E-state index is -0.151. The summed E-state index contributed by atoms with van der Waals surface area (Å²) in [6.07, 6.45) is 1.69. The van der Waals surface area contributed by atoms with Crippen molar-refractivity contribution in [2.45, 2.75) is 25.8 Å². The van der Waals surface area contributed by atoms with E-state index < -0.39 is 0 Å². The Morgan fingerprint density at radius 3 is 2.32 bits per heavy atom. The summed E-state index contributed by atoms with van der Waals surface area (Å²) in [6.45, 7) is 2.88. The third-order valence-corrected chi connectivity index (χ3v) is 4.49. The maximum Gasteiger partial charge on any atom is 0.180 e. The first-order chi connectivity index (χ1) is 12.1. The maximum absolute atomic E-state index is 13.0. The molecule has 0 saturated heterocycles. The van der Waals surface area contributed by atoms with E-state index in [1.807, 2.05) is 32.2 Å². The lowest BCUT2D eigenvalue weighted by Crippen LogP contribution is -2.39.